The summed E-state index contributed by atoms with van der Waals surface area (Å²) in [4.78, 5) is 11.2. The Morgan fingerprint density at radius 2 is 2.08 bits per heavy atom. The summed E-state index contributed by atoms with van der Waals surface area (Å²) in [6.07, 6.45) is 2.30. The van der Waals surface area contributed by atoms with E-state index in [4.69, 9.17) is 4.74 Å². The standard InChI is InChI=1S/C9H17NO2/c1-6(2)9(11)10-7-4-8(5-7)12-3/h6-8H,4-5H2,1-3H3,(H,10,11)/t7-,8+. The maximum atomic E-state index is 11.2. The van der Waals surface area contributed by atoms with E-state index in [1.807, 2.05) is 13.8 Å². The molecule has 1 rings (SSSR count). The number of amides is 1. The zero-order chi connectivity index (χ0) is 9.14. The third kappa shape index (κ3) is 2.21. The highest BCUT2D eigenvalue weighted by molar-refractivity contribution is 5.78. The van der Waals surface area contributed by atoms with E-state index in [0.29, 0.717) is 12.1 Å². The Balaban J connectivity index is 2.14. The molecule has 12 heavy (non-hydrogen) atoms. The van der Waals surface area contributed by atoms with Gasteiger partial charge in [0.2, 0.25) is 5.91 Å². The molecule has 0 bridgehead atoms. The van der Waals surface area contributed by atoms with Crippen LogP contribution < -0.4 is 5.32 Å². The Morgan fingerprint density at radius 1 is 1.50 bits per heavy atom. The van der Waals surface area contributed by atoms with Gasteiger partial charge in [-0.1, -0.05) is 13.8 Å². The molecule has 1 saturated carbocycles. The lowest BCUT2D eigenvalue weighted by atomic mass is 9.89. The monoisotopic (exact) mass is 171 g/mol. The van der Waals surface area contributed by atoms with Gasteiger partial charge in [-0.05, 0) is 12.8 Å². The molecule has 0 radical (unpaired) electrons. The highest BCUT2D eigenvalue weighted by Gasteiger charge is 2.30. The van der Waals surface area contributed by atoms with Crippen LogP contribution in [-0.4, -0.2) is 25.2 Å². The molecule has 0 unspecified atom stereocenters. The Hall–Kier alpha value is -0.570. The van der Waals surface area contributed by atoms with Crippen LogP contribution in [0.25, 0.3) is 0 Å². The van der Waals surface area contributed by atoms with Crippen molar-refractivity contribution >= 4 is 5.91 Å². The average molecular weight is 171 g/mol. The molecule has 3 nitrogen and oxygen atoms in total. The predicted octanol–water partition coefficient (Wildman–Crippen LogP) is 0.936. The van der Waals surface area contributed by atoms with E-state index in [-0.39, 0.29) is 11.8 Å². The van der Waals surface area contributed by atoms with E-state index in [9.17, 15) is 4.79 Å². The zero-order valence-corrected chi connectivity index (χ0v) is 7.96. The summed E-state index contributed by atoms with van der Waals surface area (Å²) >= 11 is 0. The molecule has 1 aliphatic carbocycles. The summed E-state index contributed by atoms with van der Waals surface area (Å²) < 4.78 is 5.11. The fraction of sp³-hybridized carbons (Fsp3) is 0.889. The van der Waals surface area contributed by atoms with Gasteiger partial charge in [-0.2, -0.15) is 0 Å². The first-order chi connectivity index (χ1) is 5.63. The van der Waals surface area contributed by atoms with Crippen LogP contribution in [0.5, 0.6) is 0 Å². The van der Waals surface area contributed by atoms with E-state index in [1.54, 1.807) is 7.11 Å². The Morgan fingerprint density at radius 3 is 2.50 bits per heavy atom. The van der Waals surface area contributed by atoms with Crippen molar-refractivity contribution in [3.63, 3.8) is 0 Å². The smallest absolute Gasteiger partial charge is 0.222 e. The van der Waals surface area contributed by atoms with Gasteiger partial charge in [0.25, 0.3) is 0 Å². The molecule has 70 valence electrons. The van der Waals surface area contributed by atoms with Crippen molar-refractivity contribution in [3.8, 4) is 0 Å². The van der Waals surface area contributed by atoms with Crippen LogP contribution in [0.15, 0.2) is 0 Å². The Labute approximate surface area is 73.5 Å². The quantitative estimate of drug-likeness (QED) is 0.686. The minimum atomic E-state index is 0.0894. The van der Waals surface area contributed by atoms with Gasteiger partial charge >= 0.3 is 0 Å². The molecule has 0 heterocycles. The molecule has 0 spiro atoms. The second-order valence-electron chi connectivity index (χ2n) is 3.69. The first-order valence-electron chi connectivity index (χ1n) is 4.46. The number of methoxy groups -OCH3 is 1. The summed E-state index contributed by atoms with van der Waals surface area (Å²) in [5.74, 6) is 0.237. The lowest BCUT2D eigenvalue weighted by molar-refractivity contribution is -0.126. The molecular weight excluding hydrogens is 154 g/mol. The Bertz CT molecular complexity index is 162. The summed E-state index contributed by atoms with van der Waals surface area (Å²) in [6.45, 7) is 3.81. The van der Waals surface area contributed by atoms with Crippen LogP contribution >= 0.6 is 0 Å². The lowest BCUT2D eigenvalue weighted by Gasteiger charge is -2.34. The molecule has 0 aromatic carbocycles. The number of rotatable bonds is 3. The van der Waals surface area contributed by atoms with Gasteiger partial charge in [-0.15, -0.1) is 0 Å². The minimum absolute atomic E-state index is 0.0894. The summed E-state index contributed by atoms with van der Waals surface area (Å²) in [6, 6.07) is 0.352. The van der Waals surface area contributed by atoms with Gasteiger partial charge in [-0.25, -0.2) is 0 Å². The van der Waals surface area contributed by atoms with Crippen LogP contribution in [0.4, 0.5) is 0 Å². The molecule has 0 aromatic rings. The number of nitrogens with one attached hydrogen (secondary N) is 1. The summed E-state index contributed by atoms with van der Waals surface area (Å²) in [5, 5.41) is 2.96. The third-order valence-corrected chi connectivity index (χ3v) is 2.30. The maximum Gasteiger partial charge on any atom is 0.222 e. The van der Waals surface area contributed by atoms with Crippen molar-refractivity contribution in [1.29, 1.82) is 0 Å². The molecule has 0 aromatic heterocycles. The minimum Gasteiger partial charge on any atom is -0.381 e. The van der Waals surface area contributed by atoms with Gasteiger partial charge in [-0.3, -0.25) is 4.79 Å². The predicted molar refractivity (Wildman–Crippen MR) is 46.8 cm³/mol. The summed E-state index contributed by atoms with van der Waals surface area (Å²) in [5.41, 5.74) is 0. The van der Waals surface area contributed by atoms with Crippen LogP contribution in [0.1, 0.15) is 26.7 Å². The van der Waals surface area contributed by atoms with Gasteiger partial charge in [0.05, 0.1) is 6.10 Å². The van der Waals surface area contributed by atoms with E-state index in [1.165, 1.54) is 0 Å². The largest absolute Gasteiger partial charge is 0.381 e. The maximum absolute atomic E-state index is 11.2. The van der Waals surface area contributed by atoms with Crippen molar-refractivity contribution in [1.82, 2.24) is 5.32 Å². The highest BCUT2D eigenvalue weighted by Crippen LogP contribution is 2.22. The fourth-order valence-corrected chi connectivity index (χ4v) is 1.24. The summed E-state index contributed by atoms with van der Waals surface area (Å²) in [7, 11) is 1.71. The van der Waals surface area contributed by atoms with Gasteiger partial charge < -0.3 is 10.1 Å². The second kappa shape index (κ2) is 3.90. The van der Waals surface area contributed by atoms with Gasteiger partial charge in [0.1, 0.15) is 0 Å². The zero-order valence-electron chi connectivity index (χ0n) is 7.96. The van der Waals surface area contributed by atoms with Crippen molar-refractivity contribution in [3.05, 3.63) is 0 Å². The normalized spacial score (nSPS) is 28.3. The molecule has 1 fully saturated rings. The highest BCUT2D eigenvalue weighted by atomic mass is 16.5. The molecular formula is C9H17NO2. The van der Waals surface area contributed by atoms with Crippen LogP contribution in [0, 0.1) is 5.92 Å². The molecule has 1 aliphatic rings. The van der Waals surface area contributed by atoms with Gasteiger partial charge in [0.15, 0.2) is 0 Å². The first-order valence-corrected chi connectivity index (χ1v) is 4.46. The van der Waals surface area contributed by atoms with Crippen molar-refractivity contribution in [2.45, 2.75) is 38.8 Å². The first kappa shape index (κ1) is 9.52. The van der Waals surface area contributed by atoms with Crippen molar-refractivity contribution in [2.24, 2.45) is 5.92 Å². The molecule has 0 saturated heterocycles. The van der Waals surface area contributed by atoms with Gasteiger partial charge in [0, 0.05) is 19.1 Å². The van der Waals surface area contributed by atoms with Crippen molar-refractivity contribution < 1.29 is 9.53 Å². The number of ether oxygens (including phenoxy) is 1. The molecule has 1 N–H and O–H groups in total. The molecule has 0 atom stereocenters. The van der Waals surface area contributed by atoms with Crippen LogP contribution in [0.3, 0.4) is 0 Å². The van der Waals surface area contributed by atoms with E-state index >= 15 is 0 Å². The number of hydrogen-bond donors (Lipinski definition) is 1. The van der Waals surface area contributed by atoms with Crippen LogP contribution in [-0.2, 0) is 9.53 Å². The average Bonchev–Trinajstić information content (AvgIpc) is 1.94. The van der Waals surface area contributed by atoms with E-state index in [2.05, 4.69) is 5.32 Å². The molecule has 0 aliphatic heterocycles. The van der Waals surface area contributed by atoms with Crippen LogP contribution in [0.2, 0.25) is 0 Å². The molecule has 3 heteroatoms. The Kier molecular flexibility index (Phi) is 3.09. The fourth-order valence-electron chi connectivity index (χ4n) is 1.24. The van der Waals surface area contributed by atoms with Crippen molar-refractivity contribution in [2.75, 3.05) is 7.11 Å². The lowest BCUT2D eigenvalue weighted by Crippen LogP contribution is -2.48. The number of hydrogen-bond acceptors (Lipinski definition) is 2. The molecule has 1 amide bonds. The number of carbonyl (C=O) groups excluding carboxylic acids is 1. The SMILES string of the molecule is CO[C@H]1C[C@@H](NC(=O)C(C)C)C1. The topological polar surface area (TPSA) is 38.3 Å². The third-order valence-electron chi connectivity index (χ3n) is 2.30. The second-order valence-corrected chi connectivity index (χ2v) is 3.69. The number of carbonyl (C=O) groups is 1. The van der Waals surface area contributed by atoms with E-state index < -0.39 is 0 Å². The van der Waals surface area contributed by atoms with E-state index in [0.717, 1.165) is 12.8 Å².